The van der Waals surface area contributed by atoms with E-state index in [0.29, 0.717) is 6.61 Å². The number of hydrogen-bond acceptors (Lipinski definition) is 3. The Morgan fingerprint density at radius 1 is 1.04 bits per heavy atom. The SMILES string of the molecule is CC.CCc1nc2c3c(c(OCc4ccccc4)cc2o1)=CCCC=3. The fraction of sp³-hybridized carbons (Fsp3) is 0.318. The molecule has 0 amide bonds. The highest BCUT2D eigenvalue weighted by Crippen LogP contribution is 2.18. The molecular formula is C22H25NO2. The van der Waals surface area contributed by atoms with Gasteiger partial charge in [0.15, 0.2) is 11.5 Å². The molecule has 25 heavy (non-hydrogen) atoms. The molecule has 130 valence electrons. The summed E-state index contributed by atoms with van der Waals surface area (Å²) in [4.78, 5) is 4.63. The molecule has 3 nitrogen and oxygen atoms in total. The summed E-state index contributed by atoms with van der Waals surface area (Å²) in [5.41, 5.74) is 2.93. The molecule has 1 aliphatic carbocycles. The Morgan fingerprint density at radius 2 is 1.76 bits per heavy atom. The summed E-state index contributed by atoms with van der Waals surface area (Å²) in [7, 11) is 0. The van der Waals surface area contributed by atoms with Crippen molar-refractivity contribution in [2.24, 2.45) is 0 Å². The Morgan fingerprint density at radius 3 is 2.48 bits per heavy atom. The van der Waals surface area contributed by atoms with E-state index in [1.807, 2.05) is 38.1 Å². The largest absolute Gasteiger partial charge is 0.488 e. The van der Waals surface area contributed by atoms with Crippen LogP contribution in [0.25, 0.3) is 23.3 Å². The first kappa shape index (κ1) is 17.3. The van der Waals surface area contributed by atoms with Gasteiger partial charge in [0.05, 0.1) is 0 Å². The monoisotopic (exact) mass is 335 g/mol. The minimum absolute atomic E-state index is 0.557. The molecule has 0 saturated heterocycles. The average molecular weight is 335 g/mol. The second kappa shape index (κ2) is 8.02. The summed E-state index contributed by atoms with van der Waals surface area (Å²) in [5.74, 6) is 1.66. The molecule has 2 aromatic carbocycles. The molecule has 0 unspecified atom stereocenters. The van der Waals surface area contributed by atoms with Gasteiger partial charge in [-0.2, -0.15) is 0 Å². The van der Waals surface area contributed by atoms with Gasteiger partial charge in [-0.25, -0.2) is 4.98 Å². The van der Waals surface area contributed by atoms with Crippen LogP contribution < -0.4 is 15.2 Å². The van der Waals surface area contributed by atoms with Crippen molar-refractivity contribution in [3.05, 3.63) is 58.3 Å². The van der Waals surface area contributed by atoms with E-state index in [2.05, 4.69) is 36.2 Å². The van der Waals surface area contributed by atoms with Crippen molar-refractivity contribution in [2.75, 3.05) is 0 Å². The summed E-state index contributed by atoms with van der Waals surface area (Å²) in [5, 5.41) is 2.30. The maximum atomic E-state index is 6.10. The second-order valence-electron chi connectivity index (χ2n) is 5.77. The van der Waals surface area contributed by atoms with E-state index in [9.17, 15) is 0 Å². The number of ether oxygens (including phenoxy) is 1. The van der Waals surface area contributed by atoms with Gasteiger partial charge >= 0.3 is 0 Å². The number of aromatic nitrogens is 1. The lowest BCUT2D eigenvalue weighted by molar-refractivity contribution is 0.303. The first-order valence-electron chi connectivity index (χ1n) is 9.14. The van der Waals surface area contributed by atoms with Crippen molar-refractivity contribution >= 4 is 23.3 Å². The van der Waals surface area contributed by atoms with Crippen LogP contribution in [0, 0.1) is 0 Å². The van der Waals surface area contributed by atoms with Crippen molar-refractivity contribution in [1.29, 1.82) is 0 Å². The summed E-state index contributed by atoms with van der Waals surface area (Å²) in [6, 6.07) is 12.2. The topological polar surface area (TPSA) is 35.3 Å². The molecule has 1 heterocycles. The number of aryl methyl sites for hydroxylation is 1. The zero-order valence-corrected chi connectivity index (χ0v) is 15.2. The van der Waals surface area contributed by atoms with Crippen LogP contribution in [0.3, 0.4) is 0 Å². The number of oxazole rings is 1. The van der Waals surface area contributed by atoms with Gasteiger partial charge in [0.2, 0.25) is 0 Å². The van der Waals surface area contributed by atoms with Crippen LogP contribution in [-0.2, 0) is 13.0 Å². The highest BCUT2D eigenvalue weighted by atomic mass is 16.5. The lowest BCUT2D eigenvalue weighted by Gasteiger charge is -2.10. The molecule has 0 radical (unpaired) electrons. The maximum absolute atomic E-state index is 6.10. The summed E-state index contributed by atoms with van der Waals surface area (Å²) < 4.78 is 12.0. The molecule has 0 N–H and O–H groups in total. The van der Waals surface area contributed by atoms with Crippen molar-refractivity contribution in [1.82, 2.24) is 4.98 Å². The predicted octanol–water partition coefficient (Wildman–Crippen LogP) is 4.35. The first-order chi connectivity index (χ1) is 12.3. The van der Waals surface area contributed by atoms with E-state index >= 15 is 0 Å². The molecule has 1 aromatic heterocycles. The third kappa shape index (κ3) is 3.60. The summed E-state index contributed by atoms with van der Waals surface area (Å²) in [6.45, 7) is 6.61. The van der Waals surface area contributed by atoms with Gasteiger partial charge in [-0.05, 0) is 18.4 Å². The third-order valence-corrected chi connectivity index (χ3v) is 4.17. The number of nitrogens with zero attached hydrogens (tertiary/aromatic N) is 1. The second-order valence-corrected chi connectivity index (χ2v) is 5.77. The molecule has 3 aromatic rings. The first-order valence-corrected chi connectivity index (χ1v) is 9.14. The van der Waals surface area contributed by atoms with E-state index in [4.69, 9.17) is 9.15 Å². The Labute approximate surface area is 148 Å². The van der Waals surface area contributed by atoms with Crippen molar-refractivity contribution in [2.45, 2.75) is 46.6 Å². The molecular weight excluding hydrogens is 310 g/mol. The summed E-state index contributed by atoms with van der Waals surface area (Å²) >= 11 is 0. The standard InChI is InChI=1S/C20H19NO2.C2H6/c1-2-19-21-20-16-11-7-6-10-15(16)17(12-18(20)23-19)22-13-14-8-4-3-5-9-14;1-2/h3-5,8-12H,2,6-7,13H2,1H3;1-2H3. The number of rotatable bonds is 4. The van der Waals surface area contributed by atoms with Crippen molar-refractivity contribution in [3.8, 4) is 5.75 Å². The minimum Gasteiger partial charge on any atom is -0.488 e. The molecule has 3 heteroatoms. The molecule has 0 aliphatic heterocycles. The molecule has 1 aliphatic rings. The van der Waals surface area contributed by atoms with E-state index in [0.717, 1.165) is 58.0 Å². The van der Waals surface area contributed by atoms with Crippen molar-refractivity contribution < 1.29 is 9.15 Å². The lowest BCUT2D eigenvalue weighted by atomic mass is 10.1. The van der Waals surface area contributed by atoms with Crippen LogP contribution in [-0.4, -0.2) is 4.98 Å². The maximum Gasteiger partial charge on any atom is 0.195 e. The zero-order chi connectivity index (χ0) is 17.6. The smallest absolute Gasteiger partial charge is 0.195 e. The van der Waals surface area contributed by atoms with Crippen LogP contribution in [0.2, 0.25) is 0 Å². The predicted molar refractivity (Wildman–Crippen MR) is 103 cm³/mol. The lowest BCUT2D eigenvalue weighted by Crippen LogP contribution is -2.29. The van der Waals surface area contributed by atoms with Gasteiger partial charge in [0, 0.05) is 22.9 Å². The van der Waals surface area contributed by atoms with Gasteiger partial charge in [-0.1, -0.05) is 63.3 Å². The summed E-state index contributed by atoms with van der Waals surface area (Å²) in [6.07, 6.45) is 7.37. The van der Waals surface area contributed by atoms with E-state index in [1.54, 1.807) is 0 Å². The highest BCUT2D eigenvalue weighted by Gasteiger charge is 2.12. The van der Waals surface area contributed by atoms with Gasteiger partial charge in [-0.15, -0.1) is 0 Å². The average Bonchev–Trinajstić information content (AvgIpc) is 3.12. The molecule has 0 fully saturated rings. The minimum atomic E-state index is 0.557. The zero-order valence-electron chi connectivity index (χ0n) is 15.2. The van der Waals surface area contributed by atoms with E-state index in [1.165, 1.54) is 0 Å². The molecule has 0 atom stereocenters. The normalized spacial score (nSPS) is 12.4. The van der Waals surface area contributed by atoms with Gasteiger partial charge in [0.25, 0.3) is 0 Å². The van der Waals surface area contributed by atoms with Gasteiger partial charge < -0.3 is 9.15 Å². The van der Waals surface area contributed by atoms with Crippen LogP contribution in [0.5, 0.6) is 5.75 Å². The number of benzene rings is 2. The number of hydrogen-bond donors (Lipinski definition) is 0. The van der Waals surface area contributed by atoms with Crippen LogP contribution in [0.1, 0.15) is 45.1 Å². The molecule has 0 saturated carbocycles. The van der Waals surface area contributed by atoms with Crippen LogP contribution in [0.4, 0.5) is 0 Å². The van der Waals surface area contributed by atoms with Crippen molar-refractivity contribution in [3.63, 3.8) is 0 Å². The fourth-order valence-corrected chi connectivity index (χ4v) is 3.00. The van der Waals surface area contributed by atoms with Crippen LogP contribution in [0.15, 0.2) is 40.8 Å². The van der Waals surface area contributed by atoms with E-state index < -0.39 is 0 Å². The molecule has 0 spiro atoms. The molecule has 0 bridgehead atoms. The van der Waals surface area contributed by atoms with E-state index in [-0.39, 0.29) is 0 Å². The Kier molecular flexibility index (Phi) is 5.54. The van der Waals surface area contributed by atoms with Gasteiger partial charge in [0.1, 0.15) is 17.9 Å². The fourth-order valence-electron chi connectivity index (χ4n) is 3.00. The number of fused-ring (bicyclic) bond motifs is 3. The Balaban J connectivity index is 0.000000880. The highest BCUT2D eigenvalue weighted by molar-refractivity contribution is 5.77. The quantitative estimate of drug-likeness (QED) is 0.711. The third-order valence-electron chi connectivity index (χ3n) is 4.17. The van der Waals surface area contributed by atoms with Gasteiger partial charge in [-0.3, -0.25) is 0 Å². The Hall–Kier alpha value is -2.55. The molecule has 4 rings (SSSR count). The Bertz CT molecular complexity index is 955. The van der Waals surface area contributed by atoms with Crippen LogP contribution >= 0.6 is 0 Å².